The van der Waals surface area contributed by atoms with Gasteiger partial charge in [0, 0.05) is 11.7 Å². The number of nitrogens with one attached hydrogen (secondary N) is 2. The number of carbonyl (C=O) groups excluding carboxylic acids is 1. The molecule has 1 atom stereocenters. The third kappa shape index (κ3) is 5.45. The van der Waals surface area contributed by atoms with Crippen molar-refractivity contribution in [2.75, 3.05) is 5.32 Å². The highest BCUT2D eigenvalue weighted by atomic mass is 16.4. The zero-order chi connectivity index (χ0) is 15.2. The fraction of sp³-hybridized carbons (Fsp3) is 0.500. The highest BCUT2D eigenvalue weighted by Gasteiger charge is 2.25. The van der Waals surface area contributed by atoms with Crippen molar-refractivity contribution in [2.24, 2.45) is 5.92 Å². The molecule has 1 aromatic carbocycles. The molecule has 0 radical (unpaired) electrons. The molecule has 0 aromatic heterocycles. The average molecular weight is 290 g/mol. The maximum Gasteiger partial charge on any atom is 0.319 e. The van der Waals surface area contributed by atoms with E-state index >= 15 is 0 Å². The number of hydrogen-bond donors (Lipinski definition) is 3. The van der Waals surface area contributed by atoms with Gasteiger partial charge in [0.2, 0.25) is 0 Å². The fourth-order valence-corrected chi connectivity index (χ4v) is 2.37. The van der Waals surface area contributed by atoms with Crippen molar-refractivity contribution >= 4 is 17.7 Å². The lowest BCUT2D eigenvalue weighted by molar-refractivity contribution is -0.136. The summed E-state index contributed by atoms with van der Waals surface area (Å²) in [7, 11) is 0. The number of carboxylic acid groups (broad SMARTS) is 1. The summed E-state index contributed by atoms with van der Waals surface area (Å²) in [5.74, 6) is -0.110. The SMILES string of the molecule is CCC(CC1CC1)NC(=O)Nc1cccc(CC(=O)O)c1. The molecule has 1 aliphatic carbocycles. The van der Waals surface area contributed by atoms with E-state index in [1.807, 2.05) is 0 Å². The van der Waals surface area contributed by atoms with Crippen LogP contribution in [0.4, 0.5) is 10.5 Å². The molecule has 1 unspecified atom stereocenters. The zero-order valence-corrected chi connectivity index (χ0v) is 12.3. The van der Waals surface area contributed by atoms with Gasteiger partial charge in [0.1, 0.15) is 0 Å². The Morgan fingerprint density at radius 1 is 1.38 bits per heavy atom. The number of urea groups is 1. The molecule has 1 saturated carbocycles. The molecule has 2 rings (SSSR count). The second kappa shape index (κ2) is 7.11. The molecule has 0 heterocycles. The molecular formula is C16H22N2O3. The maximum absolute atomic E-state index is 12.0. The molecule has 0 spiro atoms. The summed E-state index contributed by atoms with van der Waals surface area (Å²) >= 11 is 0. The predicted octanol–water partition coefficient (Wildman–Crippen LogP) is 3.01. The second-order valence-corrected chi connectivity index (χ2v) is 5.65. The number of carboxylic acids is 1. The first kappa shape index (κ1) is 15.4. The van der Waals surface area contributed by atoms with Crippen molar-refractivity contribution in [2.45, 2.75) is 45.1 Å². The first-order valence-corrected chi connectivity index (χ1v) is 7.45. The van der Waals surface area contributed by atoms with E-state index in [0.717, 1.165) is 18.8 Å². The molecule has 114 valence electrons. The van der Waals surface area contributed by atoms with Gasteiger partial charge in [-0.05, 0) is 36.5 Å². The summed E-state index contributed by atoms with van der Waals surface area (Å²) in [5.41, 5.74) is 1.29. The van der Waals surface area contributed by atoms with Crippen LogP contribution in [0, 0.1) is 5.92 Å². The molecule has 5 nitrogen and oxygen atoms in total. The standard InChI is InChI=1S/C16H22N2O3/c1-2-13(8-11-6-7-11)17-16(21)18-14-5-3-4-12(9-14)10-15(19)20/h3-5,9,11,13H,2,6-8,10H2,1H3,(H,19,20)(H2,17,18,21). The predicted molar refractivity (Wildman–Crippen MR) is 81.4 cm³/mol. The van der Waals surface area contributed by atoms with Gasteiger partial charge in [-0.1, -0.05) is 31.9 Å². The van der Waals surface area contributed by atoms with Gasteiger partial charge in [-0.2, -0.15) is 0 Å². The van der Waals surface area contributed by atoms with Crippen LogP contribution >= 0.6 is 0 Å². The minimum Gasteiger partial charge on any atom is -0.481 e. The van der Waals surface area contributed by atoms with E-state index in [0.29, 0.717) is 11.3 Å². The van der Waals surface area contributed by atoms with Gasteiger partial charge in [0.25, 0.3) is 0 Å². The molecule has 1 fully saturated rings. The molecule has 1 aliphatic rings. The summed E-state index contributed by atoms with van der Waals surface area (Å²) in [6.45, 7) is 2.07. The number of anilines is 1. The van der Waals surface area contributed by atoms with Crippen molar-refractivity contribution in [1.82, 2.24) is 5.32 Å². The van der Waals surface area contributed by atoms with Gasteiger partial charge in [0.15, 0.2) is 0 Å². The van der Waals surface area contributed by atoms with Gasteiger partial charge in [-0.3, -0.25) is 4.79 Å². The topological polar surface area (TPSA) is 78.4 Å². The Morgan fingerprint density at radius 3 is 2.76 bits per heavy atom. The number of amides is 2. The monoisotopic (exact) mass is 290 g/mol. The van der Waals surface area contributed by atoms with Crippen LogP contribution in [0.1, 0.15) is 38.2 Å². The Kier molecular flexibility index (Phi) is 5.20. The molecular weight excluding hydrogens is 268 g/mol. The molecule has 5 heteroatoms. The quantitative estimate of drug-likeness (QED) is 0.722. The highest BCUT2D eigenvalue weighted by molar-refractivity contribution is 5.89. The van der Waals surface area contributed by atoms with Crippen LogP contribution in [0.5, 0.6) is 0 Å². The molecule has 2 amide bonds. The van der Waals surface area contributed by atoms with E-state index in [4.69, 9.17) is 5.11 Å². The van der Waals surface area contributed by atoms with E-state index in [-0.39, 0.29) is 18.5 Å². The van der Waals surface area contributed by atoms with E-state index in [1.165, 1.54) is 12.8 Å². The molecule has 0 bridgehead atoms. The Labute approximate surface area is 124 Å². The summed E-state index contributed by atoms with van der Waals surface area (Å²) in [5, 5.41) is 14.5. The molecule has 1 aromatic rings. The highest BCUT2D eigenvalue weighted by Crippen LogP contribution is 2.34. The maximum atomic E-state index is 12.0. The minimum atomic E-state index is -0.882. The lowest BCUT2D eigenvalue weighted by Crippen LogP contribution is -2.37. The molecule has 3 N–H and O–H groups in total. The van der Waals surface area contributed by atoms with E-state index in [1.54, 1.807) is 24.3 Å². The van der Waals surface area contributed by atoms with Crippen molar-refractivity contribution in [3.05, 3.63) is 29.8 Å². The van der Waals surface area contributed by atoms with Crippen molar-refractivity contribution in [3.8, 4) is 0 Å². The Bertz CT molecular complexity index is 512. The van der Waals surface area contributed by atoms with Crippen LogP contribution in [0.25, 0.3) is 0 Å². The van der Waals surface area contributed by atoms with Crippen LogP contribution in [-0.2, 0) is 11.2 Å². The van der Waals surface area contributed by atoms with Crippen LogP contribution in [0.15, 0.2) is 24.3 Å². The number of benzene rings is 1. The van der Waals surface area contributed by atoms with Crippen molar-refractivity contribution in [1.29, 1.82) is 0 Å². The van der Waals surface area contributed by atoms with E-state index in [9.17, 15) is 9.59 Å². The molecule has 0 aliphatic heterocycles. The molecule has 21 heavy (non-hydrogen) atoms. The Balaban J connectivity index is 1.87. The first-order valence-electron chi connectivity index (χ1n) is 7.45. The van der Waals surface area contributed by atoms with Gasteiger partial charge in [-0.25, -0.2) is 4.79 Å². The smallest absolute Gasteiger partial charge is 0.319 e. The number of hydrogen-bond acceptors (Lipinski definition) is 2. The largest absolute Gasteiger partial charge is 0.481 e. The first-order chi connectivity index (χ1) is 10.1. The second-order valence-electron chi connectivity index (χ2n) is 5.65. The average Bonchev–Trinajstić information content (AvgIpc) is 3.21. The number of aliphatic carboxylic acids is 1. The third-order valence-corrected chi connectivity index (χ3v) is 3.68. The minimum absolute atomic E-state index is 0.0452. The van der Waals surface area contributed by atoms with Crippen LogP contribution in [0.2, 0.25) is 0 Å². The van der Waals surface area contributed by atoms with Crippen LogP contribution in [0.3, 0.4) is 0 Å². The van der Waals surface area contributed by atoms with Gasteiger partial charge in [-0.15, -0.1) is 0 Å². The van der Waals surface area contributed by atoms with Gasteiger partial charge >= 0.3 is 12.0 Å². The van der Waals surface area contributed by atoms with Gasteiger partial charge < -0.3 is 15.7 Å². The van der Waals surface area contributed by atoms with Crippen LogP contribution < -0.4 is 10.6 Å². The lowest BCUT2D eigenvalue weighted by Gasteiger charge is -2.17. The Morgan fingerprint density at radius 2 is 2.14 bits per heavy atom. The third-order valence-electron chi connectivity index (χ3n) is 3.68. The van der Waals surface area contributed by atoms with Crippen LogP contribution in [-0.4, -0.2) is 23.1 Å². The summed E-state index contributed by atoms with van der Waals surface area (Å²) in [4.78, 5) is 22.7. The summed E-state index contributed by atoms with van der Waals surface area (Å²) in [6.07, 6.45) is 4.47. The summed E-state index contributed by atoms with van der Waals surface area (Å²) < 4.78 is 0. The van der Waals surface area contributed by atoms with Gasteiger partial charge in [0.05, 0.1) is 6.42 Å². The van der Waals surface area contributed by atoms with E-state index in [2.05, 4.69) is 17.6 Å². The molecule has 0 saturated heterocycles. The van der Waals surface area contributed by atoms with E-state index < -0.39 is 5.97 Å². The lowest BCUT2D eigenvalue weighted by atomic mass is 10.1. The number of carbonyl (C=O) groups is 2. The fourth-order valence-electron chi connectivity index (χ4n) is 2.37. The normalized spacial score (nSPS) is 15.3. The van der Waals surface area contributed by atoms with Crippen molar-refractivity contribution < 1.29 is 14.7 Å². The number of rotatable bonds is 7. The van der Waals surface area contributed by atoms with Crippen molar-refractivity contribution in [3.63, 3.8) is 0 Å². The Hall–Kier alpha value is -2.04. The summed E-state index contributed by atoms with van der Waals surface area (Å²) in [6, 6.07) is 6.91. The zero-order valence-electron chi connectivity index (χ0n) is 12.3.